The van der Waals surface area contributed by atoms with Gasteiger partial charge in [-0.3, -0.25) is 4.79 Å². The smallest absolute Gasteiger partial charge is 0.218 e. The largest absolute Gasteiger partial charge is 0.493 e. The summed E-state index contributed by atoms with van der Waals surface area (Å²) in [6.07, 6.45) is 2.20. The van der Waals surface area contributed by atoms with Gasteiger partial charge >= 0.3 is 0 Å². The quantitative estimate of drug-likeness (QED) is 0.824. The molecular weight excluding hydrogens is 218 g/mol. The molecule has 17 heavy (non-hydrogen) atoms. The number of rotatable bonds is 3. The second-order valence-corrected chi connectivity index (χ2v) is 4.03. The molecule has 4 nitrogen and oxygen atoms in total. The molecule has 0 aliphatic heterocycles. The predicted molar refractivity (Wildman–Crippen MR) is 64.6 cm³/mol. The van der Waals surface area contributed by atoms with E-state index in [2.05, 4.69) is 4.98 Å². The Morgan fingerprint density at radius 1 is 1.41 bits per heavy atom. The Labute approximate surface area is 98.9 Å². The van der Waals surface area contributed by atoms with Crippen molar-refractivity contribution in [2.75, 3.05) is 0 Å². The van der Waals surface area contributed by atoms with Gasteiger partial charge in [-0.05, 0) is 37.4 Å². The lowest BCUT2D eigenvalue weighted by Gasteiger charge is -2.12. The molecule has 2 aromatic rings. The summed E-state index contributed by atoms with van der Waals surface area (Å²) in [5.41, 5.74) is 0.469. The molecule has 0 amide bonds. The number of hydrogen-bond acceptors (Lipinski definition) is 4. The first-order valence-corrected chi connectivity index (χ1v) is 5.35. The normalized spacial score (nSPS) is 10.8. The third-order valence-corrected chi connectivity index (χ3v) is 2.36. The van der Waals surface area contributed by atoms with Crippen molar-refractivity contribution in [3.8, 4) is 11.6 Å². The molecular formula is C13H13NO3. The Bertz CT molecular complexity index is 564. The Hall–Kier alpha value is -2.10. The van der Waals surface area contributed by atoms with Crippen LogP contribution >= 0.6 is 0 Å². The highest BCUT2D eigenvalue weighted by Crippen LogP contribution is 2.29. The van der Waals surface area contributed by atoms with Gasteiger partial charge in [0.25, 0.3) is 0 Å². The lowest BCUT2D eigenvalue weighted by Crippen LogP contribution is -2.07. The molecule has 0 fully saturated rings. The lowest BCUT2D eigenvalue weighted by atomic mass is 10.1. The van der Waals surface area contributed by atoms with Crippen LogP contribution in [-0.4, -0.2) is 22.5 Å². The number of aromatic hydroxyl groups is 1. The van der Waals surface area contributed by atoms with Gasteiger partial charge in [-0.25, -0.2) is 4.98 Å². The summed E-state index contributed by atoms with van der Waals surface area (Å²) >= 11 is 0. The zero-order valence-electron chi connectivity index (χ0n) is 9.68. The van der Waals surface area contributed by atoms with Crippen molar-refractivity contribution >= 4 is 17.1 Å². The summed E-state index contributed by atoms with van der Waals surface area (Å²) in [6, 6.07) is 5.06. The molecule has 0 spiro atoms. The van der Waals surface area contributed by atoms with Crippen LogP contribution in [0.5, 0.6) is 11.6 Å². The molecule has 0 aliphatic carbocycles. The minimum atomic E-state index is -0.0615. The van der Waals surface area contributed by atoms with E-state index in [0.717, 1.165) is 11.7 Å². The SMILES string of the molecule is CC(C)Oc1cc2c(O)nccc2cc1C=O. The lowest BCUT2D eigenvalue weighted by molar-refractivity contribution is 0.111. The average Bonchev–Trinajstić information content (AvgIpc) is 2.29. The number of aldehydes is 1. The zero-order valence-corrected chi connectivity index (χ0v) is 9.68. The third kappa shape index (κ3) is 2.20. The van der Waals surface area contributed by atoms with Crippen LogP contribution in [0.4, 0.5) is 0 Å². The summed E-state index contributed by atoms with van der Waals surface area (Å²) < 4.78 is 5.53. The Morgan fingerprint density at radius 2 is 2.18 bits per heavy atom. The monoisotopic (exact) mass is 231 g/mol. The number of pyridine rings is 1. The molecule has 1 aromatic carbocycles. The Morgan fingerprint density at radius 3 is 2.82 bits per heavy atom. The second kappa shape index (κ2) is 4.41. The summed E-state index contributed by atoms with van der Waals surface area (Å²) in [5, 5.41) is 11.0. The van der Waals surface area contributed by atoms with Gasteiger partial charge in [0.1, 0.15) is 5.75 Å². The van der Waals surface area contributed by atoms with E-state index in [4.69, 9.17) is 4.74 Å². The first-order chi connectivity index (χ1) is 8.11. The van der Waals surface area contributed by atoms with Crippen molar-refractivity contribution in [1.29, 1.82) is 0 Å². The van der Waals surface area contributed by atoms with Crippen molar-refractivity contribution in [3.63, 3.8) is 0 Å². The molecule has 0 radical (unpaired) electrons. The van der Waals surface area contributed by atoms with E-state index in [1.54, 1.807) is 18.2 Å². The highest BCUT2D eigenvalue weighted by atomic mass is 16.5. The van der Waals surface area contributed by atoms with Gasteiger partial charge in [0.2, 0.25) is 5.88 Å². The number of aromatic nitrogens is 1. The summed E-state index contributed by atoms with van der Waals surface area (Å²) in [7, 11) is 0. The van der Waals surface area contributed by atoms with Crippen LogP contribution in [0.15, 0.2) is 24.4 Å². The van der Waals surface area contributed by atoms with Gasteiger partial charge in [-0.2, -0.15) is 0 Å². The topological polar surface area (TPSA) is 59.4 Å². The summed E-state index contributed by atoms with van der Waals surface area (Å²) in [6.45, 7) is 3.75. The standard InChI is InChI=1S/C13H13NO3/c1-8(2)17-12-6-11-9(5-10(12)7-15)3-4-14-13(11)16/h3-8H,1-2H3,(H,14,16). The van der Waals surface area contributed by atoms with Crippen molar-refractivity contribution in [1.82, 2.24) is 4.98 Å². The summed E-state index contributed by atoms with van der Waals surface area (Å²) in [5.74, 6) is 0.402. The van der Waals surface area contributed by atoms with Crippen molar-refractivity contribution in [2.45, 2.75) is 20.0 Å². The zero-order chi connectivity index (χ0) is 12.4. The molecule has 1 heterocycles. The van der Waals surface area contributed by atoms with Crippen LogP contribution in [-0.2, 0) is 0 Å². The number of hydrogen-bond donors (Lipinski definition) is 1. The Kier molecular flexibility index (Phi) is 2.95. The number of benzene rings is 1. The second-order valence-electron chi connectivity index (χ2n) is 4.03. The van der Waals surface area contributed by atoms with Crippen LogP contribution in [0.25, 0.3) is 10.8 Å². The van der Waals surface area contributed by atoms with Gasteiger partial charge in [0.05, 0.1) is 11.7 Å². The van der Waals surface area contributed by atoms with Crippen LogP contribution in [0.3, 0.4) is 0 Å². The minimum Gasteiger partial charge on any atom is -0.493 e. The van der Waals surface area contributed by atoms with Crippen LogP contribution in [0, 0.1) is 0 Å². The van der Waals surface area contributed by atoms with E-state index < -0.39 is 0 Å². The van der Waals surface area contributed by atoms with E-state index in [1.165, 1.54) is 6.20 Å². The van der Waals surface area contributed by atoms with Gasteiger partial charge in [-0.15, -0.1) is 0 Å². The van der Waals surface area contributed by atoms with E-state index >= 15 is 0 Å². The Balaban J connectivity index is 2.65. The summed E-state index contributed by atoms with van der Waals surface area (Å²) in [4.78, 5) is 14.8. The molecule has 0 bridgehead atoms. The van der Waals surface area contributed by atoms with Crippen molar-refractivity contribution < 1.29 is 14.6 Å². The molecule has 0 atom stereocenters. The molecule has 88 valence electrons. The number of carbonyl (C=O) groups excluding carboxylic acids is 1. The predicted octanol–water partition coefficient (Wildman–Crippen LogP) is 2.54. The fourth-order valence-electron chi connectivity index (χ4n) is 1.65. The molecule has 1 aromatic heterocycles. The number of ether oxygens (including phenoxy) is 1. The maximum Gasteiger partial charge on any atom is 0.218 e. The van der Waals surface area contributed by atoms with Gasteiger partial charge in [0, 0.05) is 11.6 Å². The highest BCUT2D eigenvalue weighted by Gasteiger charge is 2.10. The number of nitrogens with zero attached hydrogens (tertiary/aromatic N) is 1. The van der Waals surface area contributed by atoms with Gasteiger partial charge in [0.15, 0.2) is 6.29 Å². The molecule has 4 heteroatoms. The van der Waals surface area contributed by atoms with Gasteiger partial charge < -0.3 is 9.84 Å². The maximum absolute atomic E-state index is 11.0. The van der Waals surface area contributed by atoms with Crippen molar-refractivity contribution in [3.05, 3.63) is 30.0 Å². The fraction of sp³-hybridized carbons (Fsp3) is 0.231. The van der Waals surface area contributed by atoms with E-state index in [1.807, 2.05) is 13.8 Å². The van der Waals surface area contributed by atoms with Gasteiger partial charge in [-0.1, -0.05) is 0 Å². The van der Waals surface area contributed by atoms with Crippen LogP contribution < -0.4 is 4.74 Å². The highest BCUT2D eigenvalue weighted by molar-refractivity contribution is 5.94. The van der Waals surface area contributed by atoms with E-state index in [-0.39, 0.29) is 12.0 Å². The van der Waals surface area contributed by atoms with Crippen molar-refractivity contribution in [2.24, 2.45) is 0 Å². The minimum absolute atomic E-state index is 0.0371. The third-order valence-electron chi connectivity index (χ3n) is 2.36. The van der Waals surface area contributed by atoms with Crippen LogP contribution in [0.1, 0.15) is 24.2 Å². The fourth-order valence-corrected chi connectivity index (χ4v) is 1.65. The molecule has 2 rings (SSSR count). The van der Waals surface area contributed by atoms with E-state index in [0.29, 0.717) is 16.7 Å². The maximum atomic E-state index is 11.0. The average molecular weight is 231 g/mol. The van der Waals surface area contributed by atoms with E-state index in [9.17, 15) is 9.90 Å². The molecule has 0 aliphatic rings. The number of fused-ring (bicyclic) bond motifs is 1. The first kappa shape index (κ1) is 11.4. The molecule has 0 unspecified atom stereocenters. The first-order valence-electron chi connectivity index (χ1n) is 5.35. The molecule has 0 saturated carbocycles. The molecule has 0 saturated heterocycles. The molecule has 1 N–H and O–H groups in total. The van der Waals surface area contributed by atoms with Crippen LogP contribution in [0.2, 0.25) is 0 Å². The number of carbonyl (C=O) groups is 1.